The first-order chi connectivity index (χ1) is 3.85. The van der Waals surface area contributed by atoms with Gasteiger partial charge in [0.05, 0.1) is 5.25 Å². The molecule has 0 aromatic rings. The molecule has 0 aliphatic carbocycles. The second kappa shape index (κ2) is 5.05. The van der Waals surface area contributed by atoms with Gasteiger partial charge in [-0.05, 0) is 12.2 Å². The lowest BCUT2D eigenvalue weighted by Crippen LogP contribution is -1.94. The maximum absolute atomic E-state index is 5.20. The quantitative estimate of drug-likeness (QED) is 0.525. The highest BCUT2D eigenvalue weighted by molar-refractivity contribution is 8.00. The van der Waals surface area contributed by atoms with Crippen molar-refractivity contribution in [1.29, 1.82) is 0 Å². The lowest BCUT2D eigenvalue weighted by atomic mass is 10.3. The topological polar surface area (TPSA) is 0 Å². The molecule has 0 bridgehead atoms. The van der Waals surface area contributed by atoms with Crippen LogP contribution in [0.15, 0.2) is 0 Å². The fourth-order valence-electron chi connectivity index (χ4n) is 0.485. The molecule has 0 N–H and O–H groups in total. The van der Waals surface area contributed by atoms with E-state index < -0.39 is 0 Å². The molecule has 0 rings (SSSR count). The van der Waals surface area contributed by atoms with Crippen LogP contribution in [0.4, 0.5) is 0 Å². The third-order valence-electron chi connectivity index (χ3n) is 0.925. The molecule has 0 nitrogen and oxygen atoms in total. The van der Waals surface area contributed by atoms with Crippen molar-refractivity contribution in [1.82, 2.24) is 0 Å². The van der Waals surface area contributed by atoms with Gasteiger partial charge in [-0.25, -0.2) is 0 Å². The summed E-state index contributed by atoms with van der Waals surface area (Å²) in [7, 11) is 0. The predicted octanol–water partition coefficient (Wildman–Crippen LogP) is 2.15. The second-order valence-corrected chi connectivity index (χ2v) is 3.00. The zero-order valence-electron chi connectivity index (χ0n) is 5.48. The molecule has 0 radical (unpaired) electrons. The van der Waals surface area contributed by atoms with Gasteiger partial charge in [-0.1, -0.05) is 19.8 Å². The third kappa shape index (κ3) is 2.98. The Bertz CT molecular complexity index is 80.9. The fraction of sp³-hybridized carbons (Fsp3) is 0.714. The van der Waals surface area contributed by atoms with Gasteiger partial charge >= 0.3 is 0 Å². The molecule has 1 heteroatoms. The summed E-state index contributed by atoms with van der Waals surface area (Å²) in [5.74, 6) is 3.84. The number of hydrogen-bond acceptors (Lipinski definition) is 1. The molecule has 0 amide bonds. The van der Waals surface area contributed by atoms with Crippen molar-refractivity contribution in [3.8, 4) is 12.3 Å². The molecule has 0 spiro atoms. The minimum Gasteiger partial charge on any atom is -0.146 e. The van der Waals surface area contributed by atoms with Gasteiger partial charge in [-0.15, -0.1) is 18.2 Å². The molecule has 0 aliphatic heterocycles. The van der Waals surface area contributed by atoms with Crippen LogP contribution in [0.5, 0.6) is 0 Å². The fourth-order valence-corrected chi connectivity index (χ4v) is 1.22. The monoisotopic (exact) mass is 128 g/mol. The van der Waals surface area contributed by atoms with E-state index in [0.717, 1.165) is 12.2 Å². The summed E-state index contributed by atoms with van der Waals surface area (Å²) in [5.41, 5.74) is 0. The molecular formula is C7H12S. The van der Waals surface area contributed by atoms with Crippen molar-refractivity contribution in [2.75, 3.05) is 5.75 Å². The van der Waals surface area contributed by atoms with Crippen molar-refractivity contribution in [2.24, 2.45) is 0 Å². The van der Waals surface area contributed by atoms with E-state index in [0.29, 0.717) is 5.25 Å². The summed E-state index contributed by atoms with van der Waals surface area (Å²) in [6.45, 7) is 4.25. The van der Waals surface area contributed by atoms with E-state index in [1.807, 2.05) is 11.8 Å². The van der Waals surface area contributed by atoms with Gasteiger partial charge in [-0.3, -0.25) is 0 Å². The summed E-state index contributed by atoms with van der Waals surface area (Å²) < 4.78 is 0. The number of thioether (sulfide) groups is 1. The van der Waals surface area contributed by atoms with Crippen LogP contribution >= 0.6 is 11.8 Å². The van der Waals surface area contributed by atoms with Crippen LogP contribution in [0.2, 0.25) is 0 Å². The van der Waals surface area contributed by atoms with Crippen molar-refractivity contribution in [3.05, 3.63) is 0 Å². The van der Waals surface area contributed by atoms with Gasteiger partial charge in [0, 0.05) is 0 Å². The van der Waals surface area contributed by atoms with Crippen LogP contribution in [-0.4, -0.2) is 11.0 Å². The average Bonchev–Trinajstić information content (AvgIpc) is 1.83. The van der Waals surface area contributed by atoms with Crippen molar-refractivity contribution in [3.63, 3.8) is 0 Å². The Hall–Kier alpha value is -0.0900. The standard InChI is InChI=1S/C7H12S/c1-4-7(5-2)8-6-3/h1,7H,5-6H2,2-3H3. The second-order valence-electron chi connectivity index (χ2n) is 1.52. The van der Waals surface area contributed by atoms with Gasteiger partial charge in [0.15, 0.2) is 0 Å². The van der Waals surface area contributed by atoms with Crippen LogP contribution in [0.1, 0.15) is 20.3 Å². The minimum atomic E-state index is 0.444. The molecule has 0 saturated heterocycles. The lowest BCUT2D eigenvalue weighted by Gasteiger charge is -2.02. The SMILES string of the molecule is C#CC(CC)SCC. The highest BCUT2D eigenvalue weighted by Gasteiger charge is 1.96. The number of rotatable bonds is 3. The summed E-state index contributed by atoms with van der Waals surface area (Å²) in [6.07, 6.45) is 6.29. The molecule has 1 atom stereocenters. The van der Waals surface area contributed by atoms with E-state index in [1.54, 1.807) is 0 Å². The first-order valence-electron chi connectivity index (χ1n) is 2.92. The highest BCUT2D eigenvalue weighted by Crippen LogP contribution is 2.11. The average molecular weight is 128 g/mol. The van der Waals surface area contributed by atoms with E-state index >= 15 is 0 Å². The van der Waals surface area contributed by atoms with Gasteiger partial charge in [0.1, 0.15) is 0 Å². The Balaban J connectivity index is 3.26. The Morgan fingerprint density at radius 2 is 2.25 bits per heavy atom. The maximum atomic E-state index is 5.20. The van der Waals surface area contributed by atoms with Crippen molar-refractivity contribution >= 4 is 11.8 Å². The first-order valence-corrected chi connectivity index (χ1v) is 3.97. The van der Waals surface area contributed by atoms with Crippen LogP contribution < -0.4 is 0 Å². The van der Waals surface area contributed by atoms with Gasteiger partial charge in [0.25, 0.3) is 0 Å². The Morgan fingerprint density at radius 1 is 1.62 bits per heavy atom. The molecule has 1 unspecified atom stereocenters. The Kier molecular flexibility index (Phi) is 5.00. The summed E-state index contributed by atoms with van der Waals surface area (Å²) in [4.78, 5) is 0. The van der Waals surface area contributed by atoms with E-state index in [9.17, 15) is 0 Å². The van der Waals surface area contributed by atoms with Gasteiger partial charge in [-0.2, -0.15) is 0 Å². The van der Waals surface area contributed by atoms with E-state index in [-0.39, 0.29) is 0 Å². The van der Waals surface area contributed by atoms with Crippen LogP contribution in [-0.2, 0) is 0 Å². The lowest BCUT2D eigenvalue weighted by molar-refractivity contribution is 1.00. The van der Waals surface area contributed by atoms with E-state index in [2.05, 4.69) is 19.8 Å². The predicted molar refractivity (Wildman–Crippen MR) is 41.0 cm³/mol. The minimum absolute atomic E-state index is 0.444. The Morgan fingerprint density at radius 3 is 2.38 bits per heavy atom. The highest BCUT2D eigenvalue weighted by atomic mass is 32.2. The first kappa shape index (κ1) is 7.91. The van der Waals surface area contributed by atoms with E-state index in [1.165, 1.54) is 0 Å². The maximum Gasteiger partial charge on any atom is 0.0651 e. The zero-order chi connectivity index (χ0) is 6.41. The van der Waals surface area contributed by atoms with Gasteiger partial charge < -0.3 is 0 Å². The molecule has 0 aromatic carbocycles. The molecule has 0 heterocycles. The molecule has 0 aromatic heterocycles. The molecular weight excluding hydrogens is 116 g/mol. The number of hydrogen-bond donors (Lipinski definition) is 0. The van der Waals surface area contributed by atoms with Crippen LogP contribution in [0.25, 0.3) is 0 Å². The molecule has 0 saturated carbocycles. The number of terminal acetylenes is 1. The zero-order valence-corrected chi connectivity index (χ0v) is 6.29. The Labute approximate surface area is 56.1 Å². The molecule has 8 heavy (non-hydrogen) atoms. The van der Waals surface area contributed by atoms with Gasteiger partial charge in [0.2, 0.25) is 0 Å². The van der Waals surface area contributed by atoms with Crippen LogP contribution in [0, 0.1) is 12.3 Å². The van der Waals surface area contributed by atoms with Crippen molar-refractivity contribution < 1.29 is 0 Å². The van der Waals surface area contributed by atoms with E-state index in [4.69, 9.17) is 6.42 Å². The molecule has 0 fully saturated rings. The smallest absolute Gasteiger partial charge is 0.0651 e. The molecule has 46 valence electrons. The summed E-state index contributed by atoms with van der Waals surface area (Å²) >= 11 is 1.84. The van der Waals surface area contributed by atoms with Crippen LogP contribution in [0.3, 0.4) is 0 Å². The van der Waals surface area contributed by atoms with Crippen molar-refractivity contribution in [2.45, 2.75) is 25.5 Å². The summed E-state index contributed by atoms with van der Waals surface area (Å²) in [6, 6.07) is 0. The third-order valence-corrected chi connectivity index (χ3v) is 2.13. The normalized spacial score (nSPS) is 12.6. The summed E-state index contributed by atoms with van der Waals surface area (Å²) in [5, 5.41) is 0.444. The largest absolute Gasteiger partial charge is 0.146 e. The molecule has 0 aliphatic rings.